The van der Waals surface area contributed by atoms with Crippen molar-refractivity contribution in [3.8, 4) is 0 Å². The van der Waals surface area contributed by atoms with E-state index in [4.69, 9.17) is 0 Å². The van der Waals surface area contributed by atoms with Gasteiger partial charge in [-0.3, -0.25) is 0 Å². The molecule has 3 heteroatoms. The number of rotatable bonds is 2. The van der Waals surface area contributed by atoms with Gasteiger partial charge in [0.05, 0.1) is 0 Å². The van der Waals surface area contributed by atoms with Gasteiger partial charge in [0.2, 0.25) is 0 Å². The molecule has 0 saturated heterocycles. The zero-order chi connectivity index (χ0) is 11.5. The van der Waals surface area contributed by atoms with Gasteiger partial charge in [0.15, 0.2) is 0 Å². The first-order valence-corrected chi connectivity index (χ1v) is 5.89. The van der Waals surface area contributed by atoms with Crippen LogP contribution < -0.4 is 5.32 Å². The predicted octanol–water partition coefficient (Wildman–Crippen LogP) is 3.96. The predicted molar refractivity (Wildman–Crippen MR) is 61.4 cm³/mol. The molecule has 2 atom stereocenters. The summed E-state index contributed by atoms with van der Waals surface area (Å²) in [7, 11) is 0. The second-order valence-corrected chi connectivity index (χ2v) is 4.61. The lowest BCUT2D eigenvalue weighted by molar-refractivity contribution is 0.347. The van der Waals surface area contributed by atoms with Crippen LogP contribution in [0.5, 0.6) is 0 Å². The highest BCUT2D eigenvalue weighted by molar-refractivity contribution is 5.47. The number of anilines is 1. The van der Waals surface area contributed by atoms with Gasteiger partial charge in [0.25, 0.3) is 0 Å². The van der Waals surface area contributed by atoms with Gasteiger partial charge in [-0.25, -0.2) is 8.78 Å². The van der Waals surface area contributed by atoms with Crippen molar-refractivity contribution < 1.29 is 8.78 Å². The third kappa shape index (κ3) is 2.34. The lowest BCUT2D eigenvalue weighted by atomic mass is 9.86. The van der Waals surface area contributed by atoms with Gasteiger partial charge in [0.1, 0.15) is 17.3 Å². The van der Waals surface area contributed by atoms with Crippen molar-refractivity contribution in [3.63, 3.8) is 0 Å². The molecule has 1 saturated carbocycles. The molecule has 0 bridgehead atoms. The minimum Gasteiger partial charge on any atom is -0.377 e. The topological polar surface area (TPSA) is 12.0 Å². The quantitative estimate of drug-likeness (QED) is 0.803. The van der Waals surface area contributed by atoms with Crippen LogP contribution in [0.1, 0.15) is 32.6 Å². The Labute approximate surface area is 94.9 Å². The average Bonchev–Trinajstić information content (AvgIpc) is 2.26. The number of para-hydroxylation sites is 1. The summed E-state index contributed by atoms with van der Waals surface area (Å²) in [4.78, 5) is 0. The summed E-state index contributed by atoms with van der Waals surface area (Å²) >= 11 is 0. The van der Waals surface area contributed by atoms with E-state index in [0.717, 1.165) is 19.3 Å². The molecule has 0 spiro atoms. The Morgan fingerprint density at radius 2 is 1.75 bits per heavy atom. The van der Waals surface area contributed by atoms with Crippen molar-refractivity contribution in [2.24, 2.45) is 5.92 Å². The van der Waals surface area contributed by atoms with Crippen molar-refractivity contribution >= 4 is 5.69 Å². The van der Waals surface area contributed by atoms with E-state index in [0.29, 0.717) is 5.92 Å². The Bertz CT molecular complexity index is 345. The summed E-state index contributed by atoms with van der Waals surface area (Å²) in [6.07, 6.45) is 4.49. The molecule has 0 radical (unpaired) electrons. The Morgan fingerprint density at radius 1 is 1.12 bits per heavy atom. The molecule has 1 N–H and O–H groups in total. The maximum atomic E-state index is 13.4. The molecule has 88 valence electrons. The molecule has 1 aromatic carbocycles. The highest BCUT2D eigenvalue weighted by atomic mass is 19.1. The summed E-state index contributed by atoms with van der Waals surface area (Å²) in [5.41, 5.74) is 0.0289. The van der Waals surface area contributed by atoms with E-state index in [-0.39, 0.29) is 11.7 Å². The monoisotopic (exact) mass is 225 g/mol. The fraction of sp³-hybridized carbons (Fsp3) is 0.538. The first-order valence-electron chi connectivity index (χ1n) is 5.89. The van der Waals surface area contributed by atoms with Crippen LogP contribution in [0.2, 0.25) is 0 Å². The van der Waals surface area contributed by atoms with Crippen LogP contribution in [0.25, 0.3) is 0 Å². The van der Waals surface area contributed by atoms with Gasteiger partial charge in [-0.2, -0.15) is 0 Å². The molecule has 2 unspecified atom stereocenters. The molecular weight excluding hydrogens is 208 g/mol. The van der Waals surface area contributed by atoms with E-state index in [1.165, 1.54) is 24.6 Å². The van der Waals surface area contributed by atoms with E-state index < -0.39 is 11.6 Å². The third-order valence-electron chi connectivity index (χ3n) is 3.40. The Kier molecular flexibility index (Phi) is 3.42. The number of hydrogen-bond donors (Lipinski definition) is 1. The van der Waals surface area contributed by atoms with Crippen molar-refractivity contribution in [2.45, 2.75) is 38.6 Å². The van der Waals surface area contributed by atoms with E-state index in [1.54, 1.807) is 0 Å². The van der Waals surface area contributed by atoms with Crippen LogP contribution in [-0.4, -0.2) is 6.04 Å². The van der Waals surface area contributed by atoms with E-state index in [9.17, 15) is 8.78 Å². The molecular formula is C13H17F2N. The Hall–Kier alpha value is -1.12. The second-order valence-electron chi connectivity index (χ2n) is 4.61. The third-order valence-corrected chi connectivity index (χ3v) is 3.40. The van der Waals surface area contributed by atoms with Crippen LogP contribution >= 0.6 is 0 Å². The van der Waals surface area contributed by atoms with E-state index >= 15 is 0 Å². The van der Waals surface area contributed by atoms with Crippen LogP contribution in [0.3, 0.4) is 0 Å². The van der Waals surface area contributed by atoms with Gasteiger partial charge in [-0.05, 0) is 30.9 Å². The molecule has 1 fully saturated rings. The van der Waals surface area contributed by atoms with Crippen molar-refractivity contribution in [3.05, 3.63) is 29.8 Å². The summed E-state index contributed by atoms with van der Waals surface area (Å²) in [6.45, 7) is 2.13. The van der Waals surface area contributed by atoms with Gasteiger partial charge in [-0.1, -0.05) is 25.8 Å². The molecule has 1 aliphatic rings. The smallest absolute Gasteiger partial charge is 0.149 e. The average molecular weight is 225 g/mol. The van der Waals surface area contributed by atoms with Gasteiger partial charge < -0.3 is 5.32 Å². The number of benzene rings is 1. The maximum Gasteiger partial charge on any atom is 0.149 e. The SMILES string of the molecule is CC1CCCCC1Nc1c(F)cccc1F. The standard InChI is InChI=1S/C13H17F2N/c1-9-5-2-3-8-12(9)16-13-10(14)6-4-7-11(13)15/h4,6-7,9,12,16H,2-3,5,8H2,1H3. The number of hydrogen-bond acceptors (Lipinski definition) is 1. The first kappa shape index (κ1) is 11.4. The molecule has 1 aliphatic carbocycles. The Morgan fingerprint density at radius 3 is 2.38 bits per heavy atom. The minimum atomic E-state index is -0.502. The molecule has 0 amide bonds. The van der Waals surface area contributed by atoms with Crippen LogP contribution in [-0.2, 0) is 0 Å². The fourth-order valence-corrected chi connectivity index (χ4v) is 2.35. The highest BCUT2D eigenvalue weighted by Crippen LogP contribution is 2.28. The molecule has 2 rings (SSSR count). The Balaban J connectivity index is 2.13. The van der Waals surface area contributed by atoms with Crippen molar-refractivity contribution in [2.75, 3.05) is 5.32 Å². The first-order chi connectivity index (χ1) is 7.68. The summed E-state index contributed by atoms with van der Waals surface area (Å²) in [5.74, 6) is -0.525. The largest absolute Gasteiger partial charge is 0.377 e. The minimum absolute atomic E-state index is 0.0289. The molecule has 0 aromatic heterocycles. The molecule has 1 nitrogen and oxygen atoms in total. The maximum absolute atomic E-state index is 13.4. The van der Waals surface area contributed by atoms with Crippen LogP contribution in [0.15, 0.2) is 18.2 Å². The normalized spacial score (nSPS) is 25.4. The number of nitrogens with one attached hydrogen (secondary N) is 1. The second kappa shape index (κ2) is 4.81. The lowest BCUT2D eigenvalue weighted by Crippen LogP contribution is -2.31. The summed E-state index contributed by atoms with van der Waals surface area (Å²) < 4.78 is 26.9. The fourth-order valence-electron chi connectivity index (χ4n) is 2.35. The zero-order valence-corrected chi connectivity index (χ0v) is 9.47. The van der Waals surface area contributed by atoms with Gasteiger partial charge in [0, 0.05) is 6.04 Å². The van der Waals surface area contributed by atoms with Gasteiger partial charge in [-0.15, -0.1) is 0 Å². The molecule has 16 heavy (non-hydrogen) atoms. The van der Waals surface area contributed by atoms with Crippen molar-refractivity contribution in [1.82, 2.24) is 0 Å². The van der Waals surface area contributed by atoms with Crippen LogP contribution in [0.4, 0.5) is 14.5 Å². The summed E-state index contributed by atoms with van der Waals surface area (Å²) in [5, 5.41) is 3.02. The van der Waals surface area contributed by atoms with E-state index in [1.807, 2.05) is 0 Å². The number of halogens is 2. The highest BCUT2D eigenvalue weighted by Gasteiger charge is 2.22. The molecule has 0 aliphatic heterocycles. The zero-order valence-electron chi connectivity index (χ0n) is 9.47. The summed E-state index contributed by atoms with van der Waals surface area (Å²) in [6, 6.07) is 4.16. The lowest BCUT2D eigenvalue weighted by Gasteiger charge is -2.30. The van der Waals surface area contributed by atoms with Crippen molar-refractivity contribution in [1.29, 1.82) is 0 Å². The van der Waals surface area contributed by atoms with E-state index in [2.05, 4.69) is 12.2 Å². The van der Waals surface area contributed by atoms with Gasteiger partial charge >= 0.3 is 0 Å². The molecule has 1 aromatic rings. The molecule has 0 heterocycles. The van der Waals surface area contributed by atoms with Crippen LogP contribution in [0, 0.1) is 17.6 Å².